The van der Waals surface area contributed by atoms with Gasteiger partial charge in [0.15, 0.2) is 0 Å². The normalized spacial score (nSPS) is 12.5. The SMILES string of the molecule is [2H]c1nc(-c2cc(C(C)(C)C)c3ccccc3c2)c2sc(-c3c(C)cc(C)cc3C)c(C)c2n1. The van der Waals surface area contributed by atoms with Crippen molar-refractivity contribution in [3.8, 4) is 21.7 Å². The second-order valence-corrected chi connectivity index (χ2v) is 11.2. The summed E-state index contributed by atoms with van der Waals surface area (Å²) in [4.78, 5) is 10.5. The Morgan fingerprint density at radius 1 is 0.879 bits per heavy atom. The summed E-state index contributed by atoms with van der Waals surface area (Å²) >= 11 is 1.75. The van der Waals surface area contributed by atoms with Crippen molar-refractivity contribution in [1.29, 1.82) is 0 Å². The predicted molar refractivity (Wildman–Crippen MR) is 143 cm³/mol. The van der Waals surface area contributed by atoms with Crippen LogP contribution in [0.1, 0.15) is 50.0 Å². The van der Waals surface area contributed by atoms with Crippen molar-refractivity contribution < 1.29 is 1.37 Å². The summed E-state index contributed by atoms with van der Waals surface area (Å²) < 4.78 is 9.47. The molecular weight excluding hydrogens is 420 g/mol. The highest BCUT2D eigenvalue weighted by Crippen LogP contribution is 2.44. The Bertz CT molecular complexity index is 1560. The van der Waals surface area contributed by atoms with Gasteiger partial charge in [-0.3, -0.25) is 0 Å². The lowest BCUT2D eigenvalue weighted by atomic mass is 9.82. The lowest BCUT2D eigenvalue weighted by Gasteiger charge is -2.22. The van der Waals surface area contributed by atoms with Crippen molar-refractivity contribution >= 4 is 32.3 Å². The Morgan fingerprint density at radius 2 is 1.58 bits per heavy atom. The van der Waals surface area contributed by atoms with E-state index in [1.165, 1.54) is 43.5 Å². The monoisotopic (exact) mass is 451 g/mol. The molecule has 2 aromatic heterocycles. The van der Waals surface area contributed by atoms with Crippen molar-refractivity contribution in [3.05, 3.63) is 82.7 Å². The van der Waals surface area contributed by atoms with Gasteiger partial charge < -0.3 is 0 Å². The molecule has 0 aliphatic carbocycles. The van der Waals surface area contributed by atoms with E-state index in [1.807, 2.05) is 0 Å². The molecule has 0 radical (unpaired) electrons. The number of hydrogen-bond donors (Lipinski definition) is 0. The molecule has 0 N–H and O–H groups in total. The molecule has 0 unspecified atom stereocenters. The third kappa shape index (κ3) is 3.65. The Balaban J connectivity index is 1.83. The molecule has 33 heavy (non-hydrogen) atoms. The molecule has 0 bridgehead atoms. The predicted octanol–water partition coefficient (Wildman–Crippen LogP) is 8.71. The fourth-order valence-corrected chi connectivity index (χ4v) is 6.45. The number of aryl methyl sites for hydroxylation is 4. The van der Waals surface area contributed by atoms with Gasteiger partial charge in [-0.1, -0.05) is 62.7 Å². The van der Waals surface area contributed by atoms with E-state index < -0.39 is 0 Å². The van der Waals surface area contributed by atoms with Crippen LogP contribution in [0.4, 0.5) is 0 Å². The molecule has 0 saturated heterocycles. The molecule has 2 nitrogen and oxygen atoms in total. The molecule has 5 rings (SSSR count). The van der Waals surface area contributed by atoms with Gasteiger partial charge in [0.05, 0.1) is 15.9 Å². The zero-order valence-electron chi connectivity index (χ0n) is 21.4. The van der Waals surface area contributed by atoms with Gasteiger partial charge in [-0.25, -0.2) is 9.97 Å². The molecule has 2 heterocycles. The van der Waals surface area contributed by atoms with Gasteiger partial charge in [-0.05, 0) is 83.8 Å². The van der Waals surface area contributed by atoms with E-state index in [0.29, 0.717) is 0 Å². The van der Waals surface area contributed by atoms with Crippen LogP contribution >= 0.6 is 11.3 Å². The summed E-state index contributed by atoms with van der Waals surface area (Å²) in [6.45, 7) is 15.4. The molecule has 0 atom stereocenters. The van der Waals surface area contributed by atoms with Gasteiger partial charge in [-0.15, -0.1) is 11.3 Å². The van der Waals surface area contributed by atoms with E-state index in [2.05, 4.69) is 107 Å². The molecule has 3 aromatic carbocycles. The van der Waals surface area contributed by atoms with Gasteiger partial charge in [0.25, 0.3) is 0 Å². The van der Waals surface area contributed by atoms with Crippen LogP contribution < -0.4 is 0 Å². The highest BCUT2D eigenvalue weighted by molar-refractivity contribution is 7.23. The number of aromatic nitrogens is 2. The molecule has 0 saturated carbocycles. The largest absolute Gasteiger partial charge is 0.235 e. The van der Waals surface area contributed by atoms with Gasteiger partial charge in [0.2, 0.25) is 0 Å². The maximum absolute atomic E-state index is 8.41. The maximum Gasteiger partial charge on any atom is 0.116 e. The van der Waals surface area contributed by atoms with E-state index in [0.717, 1.165) is 27.0 Å². The van der Waals surface area contributed by atoms with Crippen LogP contribution in [0.25, 0.3) is 42.7 Å². The van der Waals surface area contributed by atoms with E-state index in [1.54, 1.807) is 11.3 Å². The average Bonchev–Trinajstić information content (AvgIpc) is 3.07. The summed E-state index contributed by atoms with van der Waals surface area (Å²) in [5.41, 5.74) is 10.3. The Morgan fingerprint density at radius 3 is 2.27 bits per heavy atom. The number of benzene rings is 3. The van der Waals surface area contributed by atoms with Gasteiger partial charge in [0.1, 0.15) is 7.67 Å². The summed E-state index contributed by atoms with van der Waals surface area (Å²) in [5, 5.41) is 2.46. The summed E-state index contributed by atoms with van der Waals surface area (Å²) in [7, 11) is 0. The van der Waals surface area contributed by atoms with Crippen LogP contribution in [0.3, 0.4) is 0 Å². The molecule has 3 heteroatoms. The summed E-state index contributed by atoms with van der Waals surface area (Å²) in [5.74, 6) is 0. The fourth-order valence-electron chi connectivity index (χ4n) is 5.02. The Kier molecular flexibility index (Phi) is 4.84. The summed E-state index contributed by atoms with van der Waals surface area (Å²) in [6, 6.07) is 17.5. The van der Waals surface area contributed by atoms with Crippen LogP contribution in [-0.4, -0.2) is 9.97 Å². The lowest BCUT2D eigenvalue weighted by molar-refractivity contribution is 0.596. The number of thiophene rings is 1. The van der Waals surface area contributed by atoms with Crippen LogP contribution in [0.15, 0.2) is 54.8 Å². The molecule has 0 amide bonds. The lowest BCUT2D eigenvalue weighted by Crippen LogP contribution is -2.12. The van der Waals surface area contributed by atoms with Gasteiger partial charge in [0, 0.05) is 10.4 Å². The van der Waals surface area contributed by atoms with Crippen molar-refractivity contribution in [3.63, 3.8) is 0 Å². The van der Waals surface area contributed by atoms with Crippen molar-refractivity contribution in [1.82, 2.24) is 9.97 Å². The van der Waals surface area contributed by atoms with Crippen LogP contribution in [-0.2, 0) is 5.41 Å². The van der Waals surface area contributed by atoms with E-state index in [-0.39, 0.29) is 11.7 Å². The first-order valence-electron chi connectivity index (χ1n) is 11.9. The van der Waals surface area contributed by atoms with E-state index in [9.17, 15) is 0 Å². The zero-order chi connectivity index (χ0) is 24.4. The molecule has 0 spiro atoms. The van der Waals surface area contributed by atoms with Crippen molar-refractivity contribution in [2.75, 3.05) is 0 Å². The topological polar surface area (TPSA) is 25.8 Å². The molecular formula is C30H30N2S. The third-order valence-electron chi connectivity index (χ3n) is 6.50. The minimum Gasteiger partial charge on any atom is -0.235 e. The highest BCUT2D eigenvalue weighted by atomic mass is 32.1. The third-order valence-corrected chi connectivity index (χ3v) is 7.81. The second-order valence-electron chi connectivity index (χ2n) is 10.2. The average molecular weight is 452 g/mol. The molecule has 5 aromatic rings. The van der Waals surface area contributed by atoms with Gasteiger partial charge >= 0.3 is 0 Å². The fraction of sp³-hybridized carbons (Fsp3) is 0.267. The molecule has 0 fully saturated rings. The second kappa shape index (κ2) is 7.78. The highest BCUT2D eigenvalue weighted by Gasteiger charge is 2.22. The first-order chi connectivity index (χ1) is 16.0. The number of fused-ring (bicyclic) bond motifs is 2. The maximum atomic E-state index is 8.41. The minimum absolute atomic E-state index is 0.0157. The molecule has 0 aliphatic heterocycles. The quantitative estimate of drug-likeness (QED) is 0.268. The van der Waals surface area contributed by atoms with Crippen LogP contribution in [0.2, 0.25) is 0 Å². The first kappa shape index (κ1) is 20.6. The molecule has 166 valence electrons. The first-order valence-corrected chi connectivity index (χ1v) is 12.3. The minimum atomic E-state index is -0.0157. The number of nitrogens with zero attached hydrogens (tertiary/aromatic N) is 2. The van der Waals surface area contributed by atoms with Gasteiger partial charge in [-0.2, -0.15) is 0 Å². The Hall–Kier alpha value is -3.04. The molecule has 0 aliphatic rings. The zero-order valence-corrected chi connectivity index (χ0v) is 21.2. The smallest absolute Gasteiger partial charge is 0.116 e. The number of hydrogen-bond acceptors (Lipinski definition) is 3. The van der Waals surface area contributed by atoms with Crippen LogP contribution in [0, 0.1) is 27.7 Å². The number of rotatable bonds is 2. The standard InChI is InChI=1S/C30H30N2S/c1-17-12-18(2)25(19(3)13-17)28-20(4)26-29(33-28)27(32-16-31-26)22-14-21-10-8-9-11-23(21)24(15-22)30(5,6)7/h8-16H,1-7H3/i16D. The van der Waals surface area contributed by atoms with E-state index >= 15 is 0 Å². The van der Waals surface area contributed by atoms with Crippen molar-refractivity contribution in [2.45, 2.75) is 53.9 Å². The Labute approximate surface area is 201 Å². The summed E-state index contributed by atoms with van der Waals surface area (Å²) in [6.07, 6.45) is 0.0674. The van der Waals surface area contributed by atoms with E-state index in [4.69, 9.17) is 1.37 Å². The van der Waals surface area contributed by atoms with Crippen molar-refractivity contribution in [2.24, 2.45) is 0 Å². The van der Waals surface area contributed by atoms with Crippen LogP contribution in [0.5, 0.6) is 0 Å².